The van der Waals surface area contributed by atoms with Crippen LogP contribution in [0.15, 0.2) is 16.7 Å². The summed E-state index contributed by atoms with van der Waals surface area (Å²) in [5.74, 6) is 0.644. The minimum absolute atomic E-state index is 0.113. The van der Waals surface area contributed by atoms with Crippen molar-refractivity contribution in [3.63, 3.8) is 0 Å². The van der Waals surface area contributed by atoms with Crippen molar-refractivity contribution in [3.05, 3.63) is 23.7 Å². The highest BCUT2D eigenvalue weighted by Crippen LogP contribution is 2.22. The smallest absolute Gasteiger partial charge is 0.207 e. The molecule has 0 saturated heterocycles. The lowest BCUT2D eigenvalue weighted by atomic mass is 9.98. The number of nitrogens with zero attached hydrogens (tertiary/aromatic N) is 1. The molecule has 0 aliphatic carbocycles. The second-order valence-corrected chi connectivity index (χ2v) is 3.09. The predicted molar refractivity (Wildman–Crippen MR) is 45.2 cm³/mol. The van der Waals surface area contributed by atoms with E-state index in [1.54, 1.807) is 6.07 Å². The Labute approximate surface area is 71.8 Å². The number of hydrogen-bond acceptors (Lipinski definition) is 3. The third kappa shape index (κ3) is 1.49. The molecule has 0 saturated carbocycles. The molecule has 1 heterocycles. The first-order valence-corrected chi connectivity index (χ1v) is 3.90. The van der Waals surface area contributed by atoms with Gasteiger partial charge in [0.25, 0.3) is 0 Å². The predicted octanol–water partition coefficient (Wildman–Crippen LogP) is 1.81. The van der Waals surface area contributed by atoms with Crippen LogP contribution in [0.2, 0.25) is 0 Å². The SMILES string of the molecule is CC(C)[C@@H](N)c1ccoc1C#N. The molecule has 3 nitrogen and oxygen atoms in total. The van der Waals surface area contributed by atoms with Gasteiger partial charge in [0.1, 0.15) is 6.07 Å². The van der Waals surface area contributed by atoms with E-state index in [0.29, 0.717) is 11.7 Å². The Morgan fingerprint density at radius 1 is 1.58 bits per heavy atom. The van der Waals surface area contributed by atoms with Crippen molar-refractivity contribution in [1.29, 1.82) is 5.26 Å². The third-order valence-electron chi connectivity index (χ3n) is 1.87. The van der Waals surface area contributed by atoms with Crippen LogP contribution in [-0.2, 0) is 0 Å². The van der Waals surface area contributed by atoms with Gasteiger partial charge < -0.3 is 10.2 Å². The lowest BCUT2D eigenvalue weighted by Gasteiger charge is -2.13. The van der Waals surface area contributed by atoms with Crippen LogP contribution in [0.25, 0.3) is 0 Å². The van der Waals surface area contributed by atoms with Gasteiger partial charge in [0.2, 0.25) is 5.76 Å². The summed E-state index contributed by atoms with van der Waals surface area (Å²) >= 11 is 0. The van der Waals surface area contributed by atoms with Gasteiger partial charge >= 0.3 is 0 Å². The molecule has 0 fully saturated rings. The van der Waals surface area contributed by atoms with E-state index in [2.05, 4.69) is 0 Å². The van der Waals surface area contributed by atoms with Gasteiger partial charge in [0, 0.05) is 11.6 Å². The van der Waals surface area contributed by atoms with Gasteiger partial charge in [-0.1, -0.05) is 13.8 Å². The summed E-state index contributed by atoms with van der Waals surface area (Å²) in [6, 6.07) is 3.61. The van der Waals surface area contributed by atoms with Crippen molar-refractivity contribution in [2.24, 2.45) is 11.7 Å². The van der Waals surface area contributed by atoms with Crippen molar-refractivity contribution in [2.75, 3.05) is 0 Å². The van der Waals surface area contributed by atoms with Gasteiger partial charge in [-0.15, -0.1) is 0 Å². The van der Waals surface area contributed by atoms with Crippen LogP contribution in [0.5, 0.6) is 0 Å². The summed E-state index contributed by atoms with van der Waals surface area (Å²) in [5, 5.41) is 8.64. The molecular weight excluding hydrogens is 152 g/mol. The summed E-state index contributed by atoms with van der Waals surface area (Å²) in [4.78, 5) is 0. The van der Waals surface area contributed by atoms with Crippen LogP contribution in [0.4, 0.5) is 0 Å². The number of nitrogens with two attached hydrogens (primary N) is 1. The van der Waals surface area contributed by atoms with Crippen LogP contribution in [0.3, 0.4) is 0 Å². The minimum atomic E-state index is -0.113. The molecule has 0 radical (unpaired) electrons. The standard InChI is InChI=1S/C9H12N2O/c1-6(2)9(11)7-3-4-12-8(7)5-10/h3-4,6,9H,11H2,1-2H3/t9-/m1/s1. The maximum Gasteiger partial charge on any atom is 0.207 e. The first kappa shape index (κ1) is 8.82. The molecule has 0 aliphatic heterocycles. The summed E-state index contributed by atoms with van der Waals surface area (Å²) in [7, 11) is 0. The van der Waals surface area contributed by atoms with E-state index >= 15 is 0 Å². The zero-order chi connectivity index (χ0) is 9.14. The number of rotatable bonds is 2. The second-order valence-electron chi connectivity index (χ2n) is 3.09. The molecule has 0 spiro atoms. The quantitative estimate of drug-likeness (QED) is 0.725. The highest BCUT2D eigenvalue weighted by atomic mass is 16.3. The number of nitriles is 1. The van der Waals surface area contributed by atoms with Gasteiger partial charge in [-0.25, -0.2) is 0 Å². The molecule has 12 heavy (non-hydrogen) atoms. The first-order valence-electron chi connectivity index (χ1n) is 3.90. The van der Waals surface area contributed by atoms with E-state index in [9.17, 15) is 0 Å². The molecule has 1 atom stereocenters. The van der Waals surface area contributed by atoms with Crippen molar-refractivity contribution < 1.29 is 4.42 Å². The molecule has 0 unspecified atom stereocenters. The highest BCUT2D eigenvalue weighted by Gasteiger charge is 2.16. The largest absolute Gasteiger partial charge is 0.454 e. The Bertz CT molecular complexity index is 296. The van der Waals surface area contributed by atoms with Crippen LogP contribution >= 0.6 is 0 Å². The van der Waals surface area contributed by atoms with Crippen molar-refractivity contribution >= 4 is 0 Å². The zero-order valence-corrected chi connectivity index (χ0v) is 7.24. The molecule has 64 valence electrons. The highest BCUT2D eigenvalue weighted by molar-refractivity contribution is 5.30. The van der Waals surface area contributed by atoms with Gasteiger partial charge in [-0.05, 0) is 12.0 Å². The molecule has 1 aromatic heterocycles. The van der Waals surface area contributed by atoms with E-state index in [1.165, 1.54) is 6.26 Å². The summed E-state index contributed by atoms with van der Waals surface area (Å²) in [5.41, 5.74) is 6.65. The van der Waals surface area contributed by atoms with E-state index in [4.69, 9.17) is 15.4 Å². The maximum absolute atomic E-state index is 8.64. The fourth-order valence-electron chi connectivity index (χ4n) is 1.03. The Kier molecular flexibility index (Phi) is 2.51. The monoisotopic (exact) mass is 164 g/mol. The molecular formula is C9H12N2O. The van der Waals surface area contributed by atoms with Crippen LogP contribution in [0.1, 0.15) is 31.2 Å². The molecule has 2 N–H and O–H groups in total. The maximum atomic E-state index is 8.64. The molecule has 1 aromatic rings. The average Bonchev–Trinajstić information content (AvgIpc) is 2.49. The number of hydrogen-bond donors (Lipinski definition) is 1. The van der Waals surface area contributed by atoms with E-state index < -0.39 is 0 Å². The van der Waals surface area contributed by atoms with Crippen LogP contribution < -0.4 is 5.73 Å². The van der Waals surface area contributed by atoms with Crippen LogP contribution in [0, 0.1) is 17.2 Å². The van der Waals surface area contributed by atoms with E-state index in [0.717, 1.165) is 5.56 Å². The minimum Gasteiger partial charge on any atom is -0.454 e. The van der Waals surface area contributed by atoms with Crippen molar-refractivity contribution in [1.82, 2.24) is 0 Å². The normalized spacial score (nSPS) is 12.9. The molecule has 0 amide bonds. The lowest BCUT2D eigenvalue weighted by molar-refractivity contribution is 0.494. The lowest BCUT2D eigenvalue weighted by Crippen LogP contribution is -2.16. The van der Waals surface area contributed by atoms with Crippen molar-refractivity contribution in [2.45, 2.75) is 19.9 Å². The van der Waals surface area contributed by atoms with Crippen molar-refractivity contribution in [3.8, 4) is 6.07 Å². The van der Waals surface area contributed by atoms with E-state index in [-0.39, 0.29) is 6.04 Å². The van der Waals surface area contributed by atoms with Gasteiger partial charge in [0.05, 0.1) is 6.26 Å². The third-order valence-corrected chi connectivity index (χ3v) is 1.87. The topological polar surface area (TPSA) is 62.9 Å². The second kappa shape index (κ2) is 3.42. The van der Waals surface area contributed by atoms with Gasteiger partial charge in [-0.2, -0.15) is 5.26 Å². The fourth-order valence-corrected chi connectivity index (χ4v) is 1.03. The van der Waals surface area contributed by atoms with Crippen LogP contribution in [-0.4, -0.2) is 0 Å². The summed E-state index contributed by atoms with van der Waals surface area (Å²) in [6.45, 7) is 4.03. The Morgan fingerprint density at radius 3 is 2.75 bits per heavy atom. The Morgan fingerprint density at radius 2 is 2.25 bits per heavy atom. The molecule has 3 heteroatoms. The van der Waals surface area contributed by atoms with E-state index in [1.807, 2.05) is 19.9 Å². The molecule has 0 aromatic carbocycles. The zero-order valence-electron chi connectivity index (χ0n) is 7.24. The molecule has 0 bridgehead atoms. The fraction of sp³-hybridized carbons (Fsp3) is 0.444. The Hall–Kier alpha value is -1.27. The average molecular weight is 164 g/mol. The molecule has 1 rings (SSSR count). The number of furan rings is 1. The Balaban J connectivity index is 2.95. The molecule has 0 aliphatic rings. The summed E-state index contributed by atoms with van der Waals surface area (Å²) < 4.78 is 4.94. The van der Waals surface area contributed by atoms with Gasteiger partial charge in [-0.3, -0.25) is 0 Å². The first-order chi connectivity index (χ1) is 5.66. The summed E-state index contributed by atoms with van der Waals surface area (Å²) in [6.07, 6.45) is 1.50. The van der Waals surface area contributed by atoms with Gasteiger partial charge in [0.15, 0.2) is 0 Å².